The Hall–Kier alpha value is -3.40. The van der Waals surface area contributed by atoms with Gasteiger partial charge in [-0.05, 0) is 50.2 Å². The van der Waals surface area contributed by atoms with Gasteiger partial charge in [0.05, 0.1) is 16.1 Å². The highest BCUT2D eigenvalue weighted by Crippen LogP contribution is 2.22. The van der Waals surface area contributed by atoms with Crippen molar-refractivity contribution in [2.75, 3.05) is 17.9 Å². The van der Waals surface area contributed by atoms with Crippen LogP contribution in [0.15, 0.2) is 59.5 Å². The zero-order chi connectivity index (χ0) is 22.3. The highest BCUT2D eigenvalue weighted by molar-refractivity contribution is 7.92. The number of nitrogens with zero attached hydrogens (tertiary/aromatic N) is 1. The molecule has 0 radical (unpaired) electrons. The summed E-state index contributed by atoms with van der Waals surface area (Å²) in [5.74, 6) is -1.60. The molecule has 2 rings (SSSR count). The molecule has 30 heavy (non-hydrogen) atoms. The number of anilines is 1. The number of benzene rings is 2. The molecular weight excluding hydrogens is 410 g/mol. The van der Waals surface area contributed by atoms with Gasteiger partial charge < -0.3 is 10.1 Å². The lowest BCUT2D eigenvalue weighted by atomic mass is 10.2. The zero-order valence-corrected chi connectivity index (χ0v) is 17.6. The fourth-order valence-electron chi connectivity index (χ4n) is 2.40. The Kier molecular flexibility index (Phi) is 7.54. The van der Waals surface area contributed by atoms with Crippen LogP contribution in [0.3, 0.4) is 0 Å². The minimum absolute atomic E-state index is 0.00701. The third-order valence-corrected chi connectivity index (χ3v) is 5.90. The fraction of sp³-hybridized carbons (Fsp3) is 0.250. The van der Waals surface area contributed by atoms with Crippen LogP contribution < -0.4 is 14.9 Å². The Morgan fingerprint density at radius 3 is 2.20 bits per heavy atom. The number of sulfonamides is 1. The van der Waals surface area contributed by atoms with Gasteiger partial charge in [0, 0.05) is 13.6 Å². The van der Waals surface area contributed by atoms with E-state index >= 15 is 0 Å². The van der Waals surface area contributed by atoms with Gasteiger partial charge in [0.2, 0.25) is 0 Å². The van der Waals surface area contributed by atoms with Gasteiger partial charge in [-0.1, -0.05) is 18.2 Å². The summed E-state index contributed by atoms with van der Waals surface area (Å²) in [6, 6.07) is 13.0. The van der Waals surface area contributed by atoms with E-state index in [1.54, 1.807) is 37.3 Å². The fourth-order valence-corrected chi connectivity index (χ4v) is 3.59. The SMILES string of the molecule is CCNC(=O)NC(=O)C(C)OC(=O)c1ccc(S(=O)(=O)N(C)c2ccccc2)cc1. The maximum Gasteiger partial charge on any atom is 0.338 e. The molecule has 9 nitrogen and oxygen atoms in total. The van der Waals surface area contributed by atoms with Crippen molar-refractivity contribution in [1.29, 1.82) is 0 Å². The van der Waals surface area contributed by atoms with E-state index in [1.165, 1.54) is 38.2 Å². The summed E-state index contributed by atoms with van der Waals surface area (Å²) in [7, 11) is -2.38. The summed E-state index contributed by atoms with van der Waals surface area (Å²) < 4.78 is 31.7. The minimum Gasteiger partial charge on any atom is -0.449 e. The molecule has 160 valence electrons. The molecule has 0 bridgehead atoms. The number of carbonyl (C=O) groups excluding carboxylic acids is 3. The number of amides is 3. The molecule has 0 aliphatic rings. The second-order valence-corrected chi connectivity index (χ2v) is 8.20. The first-order valence-corrected chi connectivity index (χ1v) is 10.5. The molecule has 0 aliphatic heterocycles. The van der Waals surface area contributed by atoms with Crippen molar-refractivity contribution in [3.05, 3.63) is 60.2 Å². The van der Waals surface area contributed by atoms with E-state index in [0.29, 0.717) is 12.2 Å². The van der Waals surface area contributed by atoms with Crippen molar-refractivity contribution in [2.45, 2.75) is 24.8 Å². The summed E-state index contributed by atoms with van der Waals surface area (Å²) in [5.41, 5.74) is 0.557. The maximum atomic E-state index is 12.8. The van der Waals surface area contributed by atoms with Crippen molar-refractivity contribution in [1.82, 2.24) is 10.6 Å². The number of imide groups is 1. The Morgan fingerprint density at radius 1 is 1.03 bits per heavy atom. The molecule has 1 atom stereocenters. The molecule has 0 heterocycles. The van der Waals surface area contributed by atoms with Gasteiger partial charge in [0.1, 0.15) is 0 Å². The predicted octanol–water partition coefficient (Wildman–Crippen LogP) is 1.90. The Morgan fingerprint density at radius 2 is 1.63 bits per heavy atom. The molecule has 3 amide bonds. The molecule has 0 aliphatic carbocycles. The summed E-state index contributed by atoms with van der Waals surface area (Å²) in [6.45, 7) is 3.34. The van der Waals surface area contributed by atoms with Crippen molar-refractivity contribution < 1.29 is 27.5 Å². The van der Waals surface area contributed by atoms with Crippen LogP contribution in [0.1, 0.15) is 24.2 Å². The van der Waals surface area contributed by atoms with Crippen molar-refractivity contribution >= 4 is 33.6 Å². The number of rotatable bonds is 7. The molecule has 0 saturated carbocycles. The number of carbonyl (C=O) groups is 3. The van der Waals surface area contributed by atoms with Crippen LogP contribution in [0.4, 0.5) is 10.5 Å². The Labute approximate surface area is 175 Å². The number of urea groups is 1. The van der Waals surface area contributed by atoms with Crippen molar-refractivity contribution in [3.63, 3.8) is 0 Å². The zero-order valence-electron chi connectivity index (χ0n) is 16.8. The highest BCUT2D eigenvalue weighted by atomic mass is 32.2. The first kappa shape index (κ1) is 22.9. The van der Waals surface area contributed by atoms with Gasteiger partial charge in [0.25, 0.3) is 15.9 Å². The lowest BCUT2D eigenvalue weighted by Crippen LogP contribution is -2.44. The average Bonchev–Trinajstić information content (AvgIpc) is 2.73. The van der Waals surface area contributed by atoms with E-state index in [1.807, 2.05) is 5.32 Å². The molecule has 2 aromatic rings. The van der Waals surface area contributed by atoms with Gasteiger partial charge in [0.15, 0.2) is 6.10 Å². The highest BCUT2D eigenvalue weighted by Gasteiger charge is 2.23. The van der Waals surface area contributed by atoms with E-state index in [9.17, 15) is 22.8 Å². The lowest BCUT2D eigenvalue weighted by Gasteiger charge is -2.19. The maximum absolute atomic E-state index is 12.8. The average molecular weight is 433 g/mol. The van der Waals surface area contributed by atoms with Crippen molar-refractivity contribution in [3.8, 4) is 0 Å². The quantitative estimate of drug-likeness (QED) is 0.643. The summed E-state index contributed by atoms with van der Waals surface area (Å²) in [5, 5.41) is 4.43. The monoisotopic (exact) mass is 433 g/mol. The van der Waals surface area contributed by atoms with Crippen LogP contribution >= 0.6 is 0 Å². The smallest absolute Gasteiger partial charge is 0.338 e. The summed E-state index contributed by atoms with van der Waals surface area (Å²) in [6.07, 6.45) is -1.22. The van der Waals surface area contributed by atoms with Crippen molar-refractivity contribution in [2.24, 2.45) is 0 Å². The van der Waals surface area contributed by atoms with Crippen LogP contribution in [0.2, 0.25) is 0 Å². The van der Waals surface area contributed by atoms with E-state index < -0.39 is 34.0 Å². The van der Waals surface area contributed by atoms with Crippen LogP contribution in [0, 0.1) is 0 Å². The number of hydrogen-bond acceptors (Lipinski definition) is 6. The van der Waals surface area contributed by atoms with E-state index in [4.69, 9.17) is 4.74 Å². The van der Waals surface area contributed by atoms with Gasteiger partial charge >= 0.3 is 12.0 Å². The minimum atomic E-state index is -3.82. The molecule has 0 fully saturated rings. The lowest BCUT2D eigenvalue weighted by molar-refractivity contribution is -0.127. The van der Waals surface area contributed by atoms with E-state index in [0.717, 1.165) is 4.31 Å². The molecule has 2 aromatic carbocycles. The second kappa shape index (κ2) is 9.88. The number of nitrogens with one attached hydrogen (secondary N) is 2. The molecule has 0 aromatic heterocycles. The van der Waals surface area contributed by atoms with Gasteiger partial charge in [-0.15, -0.1) is 0 Å². The van der Waals surface area contributed by atoms with Crippen LogP contribution in [-0.4, -0.2) is 46.0 Å². The van der Waals surface area contributed by atoms with Crippen LogP contribution in [-0.2, 0) is 19.6 Å². The third kappa shape index (κ3) is 5.57. The number of ether oxygens (including phenoxy) is 1. The first-order chi connectivity index (χ1) is 14.2. The molecular formula is C20H23N3O6S. The Bertz CT molecular complexity index is 1010. The summed E-state index contributed by atoms with van der Waals surface area (Å²) >= 11 is 0. The molecule has 1 unspecified atom stereocenters. The first-order valence-electron chi connectivity index (χ1n) is 9.10. The van der Waals surface area contributed by atoms with E-state index in [-0.39, 0.29) is 10.5 Å². The molecule has 0 saturated heterocycles. The second-order valence-electron chi connectivity index (χ2n) is 6.23. The largest absolute Gasteiger partial charge is 0.449 e. The van der Waals surface area contributed by atoms with Gasteiger partial charge in [-0.3, -0.25) is 14.4 Å². The normalized spacial score (nSPS) is 11.8. The van der Waals surface area contributed by atoms with Crippen LogP contribution in [0.5, 0.6) is 0 Å². The number of esters is 1. The molecule has 0 spiro atoms. The molecule has 10 heteroatoms. The van der Waals surface area contributed by atoms with Gasteiger partial charge in [-0.2, -0.15) is 0 Å². The van der Waals surface area contributed by atoms with Crippen LogP contribution in [0.25, 0.3) is 0 Å². The predicted molar refractivity (Wildman–Crippen MR) is 111 cm³/mol. The standard InChI is InChI=1S/C20H23N3O6S/c1-4-21-20(26)22-18(24)14(2)29-19(25)15-10-12-17(13-11-15)30(27,28)23(3)16-8-6-5-7-9-16/h5-14H,4H2,1-3H3,(H2,21,22,24,26). The topological polar surface area (TPSA) is 122 Å². The third-order valence-electron chi connectivity index (χ3n) is 4.10. The number of para-hydroxylation sites is 1. The van der Waals surface area contributed by atoms with Gasteiger partial charge in [-0.25, -0.2) is 18.0 Å². The molecule has 2 N–H and O–H groups in total. The number of hydrogen-bond donors (Lipinski definition) is 2. The summed E-state index contributed by atoms with van der Waals surface area (Å²) in [4.78, 5) is 35.4. The van der Waals surface area contributed by atoms with E-state index in [2.05, 4.69) is 5.32 Å². The Balaban J connectivity index is 2.07.